The lowest BCUT2D eigenvalue weighted by Crippen LogP contribution is -2.18. The average Bonchev–Trinajstić information content (AvgIpc) is 2.49. The van der Waals surface area contributed by atoms with Crippen LogP contribution in [0, 0.1) is 5.41 Å². The van der Waals surface area contributed by atoms with E-state index >= 15 is 0 Å². The van der Waals surface area contributed by atoms with Crippen molar-refractivity contribution in [3.63, 3.8) is 0 Å². The molecule has 1 atom stereocenters. The molecule has 2 rings (SSSR count). The molecule has 1 unspecified atom stereocenters. The summed E-state index contributed by atoms with van der Waals surface area (Å²) in [5.41, 5.74) is 1.42. The van der Waals surface area contributed by atoms with E-state index in [-0.39, 0.29) is 11.5 Å². The second-order valence-electron chi connectivity index (χ2n) is 6.12. The topological polar surface area (TPSA) is 20.2 Å². The van der Waals surface area contributed by atoms with Gasteiger partial charge in [0.05, 0.1) is 6.10 Å². The second-order valence-corrected chi connectivity index (χ2v) is 6.12. The molecule has 1 aromatic carbocycles. The quantitative estimate of drug-likeness (QED) is 0.697. The van der Waals surface area contributed by atoms with Crippen LogP contribution in [0.5, 0.6) is 0 Å². The molecule has 1 nitrogen and oxygen atoms in total. The molecular weight excluding hydrogens is 256 g/mol. The van der Waals surface area contributed by atoms with Crippen LogP contribution < -0.4 is 0 Å². The summed E-state index contributed by atoms with van der Waals surface area (Å²) in [7, 11) is 0. The molecule has 0 heterocycles. The van der Waals surface area contributed by atoms with E-state index in [0.29, 0.717) is 5.92 Å². The lowest BCUT2D eigenvalue weighted by Gasteiger charge is -2.30. The summed E-state index contributed by atoms with van der Waals surface area (Å²) in [5, 5.41) is 9.43. The van der Waals surface area contributed by atoms with Crippen molar-refractivity contribution in [2.45, 2.75) is 44.6 Å². The Hall–Kier alpha value is -1.60. The summed E-state index contributed by atoms with van der Waals surface area (Å²) in [5.74, 6) is 0.376. The molecule has 0 saturated carbocycles. The van der Waals surface area contributed by atoms with Crippen LogP contribution in [0.1, 0.15) is 44.1 Å². The molecule has 21 heavy (non-hydrogen) atoms. The summed E-state index contributed by atoms with van der Waals surface area (Å²) in [6.07, 6.45) is 15.0. The number of rotatable bonds is 7. The zero-order valence-corrected chi connectivity index (χ0v) is 12.9. The van der Waals surface area contributed by atoms with E-state index in [1.165, 1.54) is 5.56 Å². The number of hydrogen-bond donors (Lipinski definition) is 1. The maximum Gasteiger partial charge on any atom is 0.0512 e. The van der Waals surface area contributed by atoms with Crippen LogP contribution in [0.4, 0.5) is 0 Å². The van der Waals surface area contributed by atoms with Crippen molar-refractivity contribution in [1.82, 2.24) is 0 Å². The minimum absolute atomic E-state index is 0.0852. The predicted octanol–water partition coefficient (Wildman–Crippen LogP) is 5.01. The van der Waals surface area contributed by atoms with Gasteiger partial charge in [-0.05, 0) is 38.2 Å². The largest absolute Gasteiger partial charge is 0.393 e. The summed E-state index contributed by atoms with van der Waals surface area (Å²) in [6.45, 7) is 5.76. The van der Waals surface area contributed by atoms with Crippen LogP contribution in [-0.2, 0) is 0 Å². The van der Waals surface area contributed by atoms with E-state index in [4.69, 9.17) is 0 Å². The summed E-state index contributed by atoms with van der Waals surface area (Å²) in [4.78, 5) is 0. The Morgan fingerprint density at radius 2 is 1.90 bits per heavy atom. The van der Waals surface area contributed by atoms with E-state index in [1.54, 1.807) is 0 Å². The van der Waals surface area contributed by atoms with Gasteiger partial charge in [0.1, 0.15) is 0 Å². The molecule has 0 bridgehead atoms. The molecule has 1 aromatic rings. The summed E-state index contributed by atoms with van der Waals surface area (Å²) >= 11 is 0. The fraction of sp³-hybridized carbons (Fsp3) is 0.400. The number of allylic oxidation sites excluding steroid dienone is 5. The SMILES string of the molecule is C=CCC1(CCCC(C)O)C=CC(c2ccccc2)C=C1. The smallest absolute Gasteiger partial charge is 0.0512 e. The van der Waals surface area contributed by atoms with Gasteiger partial charge >= 0.3 is 0 Å². The highest BCUT2D eigenvalue weighted by Gasteiger charge is 2.25. The van der Waals surface area contributed by atoms with Gasteiger partial charge in [0.15, 0.2) is 0 Å². The number of hydrogen-bond acceptors (Lipinski definition) is 1. The number of benzene rings is 1. The fourth-order valence-corrected chi connectivity index (χ4v) is 3.01. The van der Waals surface area contributed by atoms with Crippen LogP contribution >= 0.6 is 0 Å². The Bertz CT molecular complexity index is 482. The molecule has 1 aliphatic rings. The van der Waals surface area contributed by atoms with Crippen molar-refractivity contribution in [3.05, 3.63) is 72.9 Å². The van der Waals surface area contributed by atoms with E-state index < -0.39 is 0 Å². The van der Waals surface area contributed by atoms with Crippen LogP contribution in [0.25, 0.3) is 0 Å². The Morgan fingerprint density at radius 1 is 1.24 bits per heavy atom. The molecule has 0 fully saturated rings. The number of aliphatic hydroxyl groups is 1. The molecule has 0 amide bonds. The summed E-state index contributed by atoms with van der Waals surface area (Å²) < 4.78 is 0. The van der Waals surface area contributed by atoms with Gasteiger partial charge in [-0.1, -0.05) is 60.7 Å². The van der Waals surface area contributed by atoms with Gasteiger partial charge in [0.25, 0.3) is 0 Å². The van der Waals surface area contributed by atoms with Crippen LogP contribution in [0.3, 0.4) is 0 Å². The predicted molar refractivity (Wildman–Crippen MR) is 90.2 cm³/mol. The highest BCUT2D eigenvalue weighted by Crippen LogP contribution is 2.38. The van der Waals surface area contributed by atoms with Crippen molar-refractivity contribution in [2.24, 2.45) is 5.41 Å². The van der Waals surface area contributed by atoms with E-state index in [2.05, 4.69) is 61.2 Å². The van der Waals surface area contributed by atoms with Crippen molar-refractivity contribution >= 4 is 0 Å². The summed E-state index contributed by atoms with van der Waals surface area (Å²) in [6, 6.07) is 10.6. The van der Waals surface area contributed by atoms with E-state index in [0.717, 1.165) is 25.7 Å². The Labute approximate surface area is 128 Å². The molecule has 0 aliphatic heterocycles. The first-order chi connectivity index (χ1) is 10.2. The molecule has 0 saturated heterocycles. The van der Waals surface area contributed by atoms with E-state index in [1.807, 2.05) is 13.0 Å². The molecule has 1 heteroatoms. The first-order valence-corrected chi connectivity index (χ1v) is 7.88. The Balaban J connectivity index is 2.05. The minimum Gasteiger partial charge on any atom is -0.393 e. The van der Waals surface area contributed by atoms with Gasteiger partial charge in [-0.25, -0.2) is 0 Å². The molecule has 112 valence electrons. The van der Waals surface area contributed by atoms with Crippen molar-refractivity contribution in [3.8, 4) is 0 Å². The maximum atomic E-state index is 9.43. The monoisotopic (exact) mass is 282 g/mol. The van der Waals surface area contributed by atoms with Crippen molar-refractivity contribution in [1.29, 1.82) is 0 Å². The third-order valence-electron chi connectivity index (χ3n) is 4.24. The lowest BCUT2D eigenvalue weighted by atomic mass is 9.74. The molecule has 1 aliphatic carbocycles. The van der Waals surface area contributed by atoms with E-state index in [9.17, 15) is 5.11 Å². The average molecular weight is 282 g/mol. The van der Waals surface area contributed by atoms with Crippen molar-refractivity contribution in [2.75, 3.05) is 0 Å². The van der Waals surface area contributed by atoms with Crippen molar-refractivity contribution < 1.29 is 5.11 Å². The lowest BCUT2D eigenvalue weighted by molar-refractivity contribution is 0.176. The highest BCUT2D eigenvalue weighted by molar-refractivity contribution is 5.34. The normalized spacial score (nSPS) is 25.7. The second kappa shape index (κ2) is 7.42. The first kappa shape index (κ1) is 15.8. The standard InChI is InChI=1S/C20H26O/c1-3-13-20(14-7-8-17(2)21)15-11-19(12-16-20)18-9-5-4-6-10-18/h3-6,9-12,15-17,19,21H,1,7-8,13-14H2,2H3. The molecular formula is C20H26O. The minimum atomic E-state index is -0.209. The van der Waals surface area contributed by atoms with Gasteiger partial charge in [0.2, 0.25) is 0 Å². The fourth-order valence-electron chi connectivity index (χ4n) is 3.01. The third kappa shape index (κ3) is 4.44. The van der Waals surface area contributed by atoms with Gasteiger partial charge in [-0.3, -0.25) is 0 Å². The molecule has 0 radical (unpaired) electrons. The van der Waals surface area contributed by atoms with Crippen LogP contribution in [0.2, 0.25) is 0 Å². The zero-order chi connectivity index (χ0) is 15.1. The van der Waals surface area contributed by atoms with Crippen LogP contribution in [-0.4, -0.2) is 11.2 Å². The van der Waals surface area contributed by atoms with Gasteiger partial charge in [-0.2, -0.15) is 0 Å². The van der Waals surface area contributed by atoms with Gasteiger partial charge in [-0.15, -0.1) is 6.58 Å². The zero-order valence-electron chi connectivity index (χ0n) is 12.9. The Morgan fingerprint density at radius 3 is 2.48 bits per heavy atom. The molecule has 0 aromatic heterocycles. The van der Waals surface area contributed by atoms with Crippen LogP contribution in [0.15, 0.2) is 67.3 Å². The van der Waals surface area contributed by atoms with Gasteiger partial charge in [0, 0.05) is 11.3 Å². The first-order valence-electron chi connectivity index (χ1n) is 7.88. The molecule has 0 spiro atoms. The highest BCUT2D eigenvalue weighted by atomic mass is 16.3. The number of aliphatic hydroxyl groups excluding tert-OH is 1. The maximum absolute atomic E-state index is 9.43. The Kier molecular flexibility index (Phi) is 5.58. The molecule has 1 N–H and O–H groups in total. The van der Waals surface area contributed by atoms with Gasteiger partial charge < -0.3 is 5.11 Å². The third-order valence-corrected chi connectivity index (χ3v) is 4.24.